The number of para-hydroxylation sites is 4. The number of pyridine rings is 2. The van der Waals surface area contributed by atoms with E-state index in [9.17, 15) is 4.57 Å². The Bertz CT molecular complexity index is 5000. The average molecular weight is 1070 g/mol. The molecule has 0 radical (unpaired) electrons. The molecule has 6 nitrogen and oxygen atoms in total. The molecule has 0 aliphatic heterocycles. The SMILES string of the molecule is Clc1cccc2c1ccc1c3ccccc3c3nc4ccccc4n3c21.O=P(c1ccccc1)(c1ccccc1)c1cccc2c1ccc1c3ccccc3c3nc4ccccc4n3c21.O=[P+](c1ccccc1)c1ccccc1. The van der Waals surface area contributed by atoms with Crippen LogP contribution in [0.1, 0.15) is 0 Å². The fraction of sp³-hybridized carbons (Fsp3) is 0. The molecule has 4 heterocycles. The van der Waals surface area contributed by atoms with Crippen molar-refractivity contribution in [2.45, 2.75) is 0 Å². The molecular weight excluding hydrogens is 1030 g/mol. The molecule has 79 heavy (non-hydrogen) atoms. The van der Waals surface area contributed by atoms with Gasteiger partial charge >= 0.3 is 7.80 Å². The minimum Gasteiger partial charge on any atom is -0.309 e. The number of fused-ring (bicyclic) bond motifs is 20. The van der Waals surface area contributed by atoms with E-state index < -0.39 is 14.9 Å². The quantitative estimate of drug-likeness (QED) is 0.127. The topological polar surface area (TPSA) is 68.7 Å². The molecule has 0 unspecified atom stereocenters. The lowest BCUT2D eigenvalue weighted by atomic mass is 10.0. The number of halogens is 1. The van der Waals surface area contributed by atoms with Crippen molar-refractivity contribution < 1.29 is 9.13 Å². The highest BCUT2D eigenvalue weighted by Crippen LogP contribution is 2.46. The van der Waals surface area contributed by atoms with Gasteiger partial charge in [-0.15, -0.1) is 0 Å². The van der Waals surface area contributed by atoms with E-state index in [4.69, 9.17) is 21.6 Å². The van der Waals surface area contributed by atoms with Crippen LogP contribution in [0.5, 0.6) is 0 Å². The second-order valence-electron chi connectivity index (χ2n) is 19.5. The van der Waals surface area contributed by atoms with Crippen LogP contribution in [0.15, 0.2) is 279 Å². The van der Waals surface area contributed by atoms with Crippen molar-refractivity contribution in [1.82, 2.24) is 18.8 Å². The van der Waals surface area contributed by atoms with Crippen LogP contribution in [0.4, 0.5) is 0 Å². The summed E-state index contributed by atoms with van der Waals surface area (Å²) in [4.78, 5) is 10.0. The molecule has 4 aromatic heterocycles. The molecule has 12 aromatic carbocycles. The van der Waals surface area contributed by atoms with Crippen LogP contribution in [-0.2, 0) is 9.13 Å². The third-order valence-electron chi connectivity index (χ3n) is 15.0. The van der Waals surface area contributed by atoms with Gasteiger partial charge in [0.05, 0.1) is 33.1 Å². The first-order chi connectivity index (χ1) is 39.0. The van der Waals surface area contributed by atoms with Crippen LogP contribution in [0.2, 0.25) is 5.02 Å². The summed E-state index contributed by atoms with van der Waals surface area (Å²) in [6.45, 7) is 0. The Hall–Kier alpha value is -9.28. The van der Waals surface area contributed by atoms with E-state index in [1.54, 1.807) is 0 Å². The van der Waals surface area contributed by atoms with Gasteiger partial charge in [-0.1, -0.05) is 241 Å². The zero-order chi connectivity index (χ0) is 53.0. The standard InChI is InChI=1S/C35H23N2OP.C23H13ClN2.C12H10OP/c38-39(24-12-3-1-4-13-24,25-14-5-2-6-15-25)33-21-11-18-28-27(33)22-23-29-26-16-7-8-17-30(26)35-36-31-19-9-10-20-32(31)37(35)34(28)29;24-19-9-5-8-16-15(19)12-13-17-14-6-1-2-7-18(14)23-25-20-10-3-4-11-21(20)26(23)22(16)17;13-14(11-7-3-1-4-8-11)12-9-5-2-6-10-12/h1-23H;1-13H;1-10H/q;;+1. The molecule has 0 N–H and O–H groups in total. The summed E-state index contributed by atoms with van der Waals surface area (Å²) in [5.74, 6) is 0. The monoisotopic (exact) mass is 1070 g/mol. The number of benzene rings is 12. The third-order valence-corrected chi connectivity index (χ3v) is 20.0. The lowest BCUT2D eigenvalue weighted by Crippen LogP contribution is -2.25. The molecule has 0 atom stereocenters. The average Bonchev–Trinajstić information content (AvgIpc) is 4.27. The molecule has 0 saturated heterocycles. The normalized spacial score (nSPS) is 11.7. The van der Waals surface area contributed by atoms with Gasteiger partial charge in [0.2, 0.25) is 0 Å². The number of aromatic nitrogens is 4. The summed E-state index contributed by atoms with van der Waals surface area (Å²) >= 11 is 6.49. The van der Waals surface area contributed by atoms with Crippen LogP contribution >= 0.6 is 26.5 Å². The number of hydrogen-bond acceptors (Lipinski definition) is 4. The summed E-state index contributed by atoms with van der Waals surface area (Å²) in [6, 6.07) is 93.4. The molecule has 0 aliphatic carbocycles. The fourth-order valence-corrected chi connectivity index (χ4v) is 15.8. The Morgan fingerprint density at radius 1 is 0.329 bits per heavy atom. The van der Waals surface area contributed by atoms with E-state index in [0.717, 1.165) is 119 Å². The number of imidazole rings is 2. The van der Waals surface area contributed by atoms with Crippen molar-refractivity contribution in [3.05, 3.63) is 284 Å². The second kappa shape index (κ2) is 19.9. The smallest absolute Gasteiger partial charge is 0.309 e. The molecule has 0 saturated carbocycles. The predicted octanol–water partition coefficient (Wildman–Crippen LogP) is 16.7. The largest absolute Gasteiger partial charge is 0.415 e. The summed E-state index contributed by atoms with van der Waals surface area (Å²) in [6.07, 6.45) is 0. The highest BCUT2D eigenvalue weighted by molar-refractivity contribution is 7.85. The van der Waals surface area contributed by atoms with E-state index in [0.29, 0.717) is 0 Å². The first-order valence-electron chi connectivity index (χ1n) is 26.2. The Morgan fingerprint density at radius 3 is 1.18 bits per heavy atom. The molecule has 16 rings (SSSR count). The first kappa shape index (κ1) is 48.1. The van der Waals surface area contributed by atoms with Crippen molar-refractivity contribution in [2.24, 2.45) is 0 Å². The van der Waals surface area contributed by atoms with Gasteiger partial charge in [0, 0.05) is 58.6 Å². The summed E-state index contributed by atoms with van der Waals surface area (Å²) < 4.78 is 32.0. The van der Waals surface area contributed by atoms with Crippen molar-refractivity contribution >= 4 is 151 Å². The Labute approximate surface area is 460 Å². The first-order valence-corrected chi connectivity index (χ1v) is 29.5. The zero-order valence-corrected chi connectivity index (χ0v) is 45.0. The molecule has 0 spiro atoms. The summed E-state index contributed by atoms with van der Waals surface area (Å²) in [5.41, 5.74) is 8.32. The van der Waals surface area contributed by atoms with Gasteiger partial charge in [-0.25, -0.2) is 9.97 Å². The zero-order valence-electron chi connectivity index (χ0n) is 42.4. The van der Waals surface area contributed by atoms with Crippen molar-refractivity contribution in [1.29, 1.82) is 0 Å². The molecule has 0 bridgehead atoms. The van der Waals surface area contributed by atoms with Crippen molar-refractivity contribution in [2.75, 3.05) is 0 Å². The molecular formula is C70H46ClN4O2P2+. The van der Waals surface area contributed by atoms with Crippen LogP contribution in [-0.4, -0.2) is 18.8 Å². The minimum atomic E-state index is -3.17. The van der Waals surface area contributed by atoms with Crippen molar-refractivity contribution in [3.63, 3.8) is 0 Å². The molecule has 0 amide bonds. The van der Waals surface area contributed by atoms with Gasteiger partial charge in [-0.2, -0.15) is 0 Å². The van der Waals surface area contributed by atoms with E-state index in [1.807, 2.05) is 152 Å². The highest BCUT2D eigenvalue weighted by Gasteiger charge is 2.32. The molecule has 374 valence electrons. The van der Waals surface area contributed by atoms with Crippen molar-refractivity contribution in [3.8, 4) is 0 Å². The Kier molecular flexibility index (Phi) is 12.1. The van der Waals surface area contributed by atoms with Gasteiger partial charge in [-0.05, 0) is 70.8 Å². The molecule has 0 fully saturated rings. The second-order valence-corrected chi connectivity index (χ2v) is 24.2. The number of rotatable bonds is 5. The molecule has 16 aromatic rings. The third kappa shape index (κ3) is 8.07. The summed E-state index contributed by atoms with van der Waals surface area (Å²) in [5, 5.41) is 16.4. The number of nitrogens with zero attached hydrogens (tertiary/aromatic N) is 4. The number of hydrogen-bond donors (Lipinski definition) is 0. The van der Waals surface area contributed by atoms with E-state index in [2.05, 4.69) is 136 Å². The Morgan fingerprint density at radius 2 is 0.684 bits per heavy atom. The van der Waals surface area contributed by atoms with E-state index in [1.165, 1.54) is 10.8 Å². The minimum absolute atomic E-state index is 0.773. The maximum absolute atomic E-state index is 15.4. The fourth-order valence-electron chi connectivity index (χ4n) is 11.5. The Balaban J connectivity index is 0.000000121. The lowest BCUT2D eigenvalue weighted by Gasteiger charge is -2.22. The maximum atomic E-state index is 15.4. The van der Waals surface area contributed by atoms with Crippen LogP contribution in [0.25, 0.3) is 98.3 Å². The van der Waals surface area contributed by atoms with Gasteiger partial charge in [0.15, 0.2) is 17.8 Å². The highest BCUT2D eigenvalue weighted by atomic mass is 35.5. The van der Waals surface area contributed by atoms with Crippen LogP contribution in [0, 0.1) is 0 Å². The maximum Gasteiger partial charge on any atom is 0.415 e. The van der Waals surface area contributed by atoms with Gasteiger partial charge < -0.3 is 4.57 Å². The molecule has 9 heteroatoms. The van der Waals surface area contributed by atoms with Crippen LogP contribution in [0.3, 0.4) is 0 Å². The van der Waals surface area contributed by atoms with E-state index >= 15 is 4.57 Å². The predicted molar refractivity (Wildman–Crippen MR) is 335 cm³/mol. The van der Waals surface area contributed by atoms with Gasteiger partial charge in [0.25, 0.3) is 0 Å². The molecule has 0 aliphatic rings. The lowest BCUT2D eigenvalue weighted by molar-refractivity contribution is 0.592. The van der Waals surface area contributed by atoms with Gasteiger partial charge in [0.1, 0.15) is 11.3 Å². The van der Waals surface area contributed by atoms with E-state index in [-0.39, 0.29) is 0 Å². The summed E-state index contributed by atoms with van der Waals surface area (Å²) in [7, 11) is -4.59. The van der Waals surface area contributed by atoms with Gasteiger partial charge in [-0.3, -0.25) is 8.80 Å². The van der Waals surface area contributed by atoms with Crippen LogP contribution < -0.4 is 26.5 Å².